The first-order chi connectivity index (χ1) is 15.7. The summed E-state index contributed by atoms with van der Waals surface area (Å²) in [4.78, 5) is 0. The van der Waals surface area contributed by atoms with Crippen molar-refractivity contribution < 1.29 is 18.8 Å². The first kappa shape index (κ1) is 19.0. The van der Waals surface area contributed by atoms with Gasteiger partial charge < -0.3 is 19.5 Å². The van der Waals surface area contributed by atoms with Gasteiger partial charge in [-0.15, -0.1) is 0 Å². The van der Waals surface area contributed by atoms with Crippen molar-refractivity contribution >= 4 is 16.5 Å². The predicted octanol–water partition coefficient (Wildman–Crippen LogP) is 5.01. The van der Waals surface area contributed by atoms with Crippen LogP contribution in [0, 0.1) is 6.92 Å². The number of benzene rings is 3. The monoisotopic (exact) mass is 425 g/mol. The van der Waals surface area contributed by atoms with Gasteiger partial charge in [0.05, 0.1) is 23.7 Å². The zero-order valence-corrected chi connectivity index (χ0v) is 18.3. The van der Waals surface area contributed by atoms with Crippen LogP contribution in [-0.2, 0) is 19.5 Å². The van der Waals surface area contributed by atoms with Gasteiger partial charge in [-0.2, -0.15) is 4.57 Å². The van der Waals surface area contributed by atoms with Gasteiger partial charge in [-0.1, -0.05) is 35.9 Å². The van der Waals surface area contributed by atoms with Crippen LogP contribution in [0.4, 0.5) is 5.69 Å². The Labute approximate surface area is 187 Å². The number of nitrogens with zero attached hydrogens (tertiary/aromatic N) is 1. The maximum atomic E-state index is 5.71. The van der Waals surface area contributed by atoms with Crippen LogP contribution in [0.3, 0.4) is 0 Å². The average molecular weight is 426 g/mol. The van der Waals surface area contributed by atoms with Crippen molar-refractivity contribution in [2.45, 2.75) is 26.4 Å². The van der Waals surface area contributed by atoms with Crippen LogP contribution in [0.15, 0.2) is 60.8 Å². The molecule has 1 aromatic heterocycles. The van der Waals surface area contributed by atoms with Crippen molar-refractivity contribution in [1.82, 2.24) is 0 Å². The molecule has 0 unspecified atom stereocenters. The summed E-state index contributed by atoms with van der Waals surface area (Å²) in [7, 11) is 1.73. The molecule has 160 valence electrons. The molecule has 0 aliphatic carbocycles. The molecule has 6 rings (SSSR count). The van der Waals surface area contributed by atoms with E-state index in [-0.39, 0.29) is 0 Å². The Morgan fingerprint density at radius 2 is 1.91 bits per heavy atom. The molecule has 0 saturated heterocycles. The number of pyridine rings is 1. The molecular weight excluding hydrogens is 400 g/mol. The first-order valence-corrected chi connectivity index (χ1v) is 11.0. The smallest absolute Gasteiger partial charge is 0.231 e. The highest BCUT2D eigenvalue weighted by Crippen LogP contribution is 2.41. The van der Waals surface area contributed by atoms with E-state index in [0.29, 0.717) is 6.79 Å². The maximum Gasteiger partial charge on any atom is 0.231 e. The lowest BCUT2D eigenvalue weighted by molar-refractivity contribution is -0.686. The molecule has 0 atom stereocenters. The Hall–Kier alpha value is -3.73. The Morgan fingerprint density at radius 3 is 2.75 bits per heavy atom. The van der Waals surface area contributed by atoms with Crippen LogP contribution in [0.25, 0.3) is 22.0 Å². The number of methoxy groups -OCH3 is 1. The van der Waals surface area contributed by atoms with Gasteiger partial charge in [0.15, 0.2) is 24.2 Å². The van der Waals surface area contributed by atoms with Crippen molar-refractivity contribution in [2.75, 3.05) is 19.2 Å². The third kappa shape index (κ3) is 3.12. The number of rotatable bonds is 4. The number of aryl methyl sites for hydroxylation is 3. The molecule has 32 heavy (non-hydrogen) atoms. The molecule has 0 spiro atoms. The van der Waals surface area contributed by atoms with Crippen molar-refractivity contribution in [3.8, 4) is 28.5 Å². The Morgan fingerprint density at radius 1 is 1.03 bits per heavy atom. The highest BCUT2D eigenvalue weighted by Gasteiger charge is 2.28. The number of anilines is 1. The average Bonchev–Trinajstić information content (AvgIpc) is 3.27. The molecule has 2 aliphatic heterocycles. The summed E-state index contributed by atoms with van der Waals surface area (Å²) in [5.74, 6) is 2.53. The van der Waals surface area contributed by atoms with E-state index in [1.54, 1.807) is 7.11 Å². The lowest BCUT2D eigenvalue weighted by atomic mass is 9.95. The molecule has 3 aromatic carbocycles. The number of aromatic nitrogens is 1. The molecular formula is C27H25N2O3+. The second kappa shape index (κ2) is 7.45. The minimum atomic E-state index is 0.297. The van der Waals surface area contributed by atoms with Crippen LogP contribution in [0.5, 0.6) is 17.2 Å². The predicted molar refractivity (Wildman–Crippen MR) is 124 cm³/mol. The van der Waals surface area contributed by atoms with Crippen LogP contribution in [0.2, 0.25) is 0 Å². The van der Waals surface area contributed by atoms with E-state index >= 15 is 0 Å². The minimum Gasteiger partial charge on any atom is -0.495 e. The van der Waals surface area contributed by atoms with Crippen molar-refractivity contribution in [1.29, 1.82) is 0 Å². The molecule has 1 N–H and O–H groups in total. The van der Waals surface area contributed by atoms with E-state index in [2.05, 4.69) is 71.5 Å². The highest BCUT2D eigenvalue weighted by atomic mass is 16.7. The fourth-order valence-electron chi connectivity index (χ4n) is 4.79. The van der Waals surface area contributed by atoms with E-state index in [9.17, 15) is 0 Å². The van der Waals surface area contributed by atoms with Gasteiger partial charge >= 0.3 is 0 Å². The SMILES string of the molecule is COc1ccc2cc3[n+](cc2c1NCc1cccc(C)c1)CCc1cc2c(cc1-3)OCO2. The molecule has 0 radical (unpaired) electrons. The fraction of sp³-hybridized carbons (Fsp3) is 0.222. The van der Waals surface area contributed by atoms with Gasteiger partial charge in [-0.05, 0) is 41.6 Å². The quantitative estimate of drug-likeness (QED) is 0.467. The van der Waals surface area contributed by atoms with Gasteiger partial charge in [0.1, 0.15) is 5.75 Å². The molecule has 0 bridgehead atoms. The molecule has 4 aromatic rings. The van der Waals surface area contributed by atoms with Gasteiger partial charge in [0.2, 0.25) is 12.5 Å². The molecule has 5 nitrogen and oxygen atoms in total. The second-order valence-corrected chi connectivity index (χ2v) is 8.45. The summed E-state index contributed by atoms with van der Waals surface area (Å²) in [5.41, 5.74) is 7.26. The summed E-state index contributed by atoms with van der Waals surface area (Å²) < 4.78 is 19.3. The van der Waals surface area contributed by atoms with Gasteiger partial charge in [-0.25, -0.2) is 0 Å². The van der Waals surface area contributed by atoms with Gasteiger partial charge in [-0.3, -0.25) is 0 Å². The van der Waals surface area contributed by atoms with Gasteiger partial charge in [0, 0.05) is 19.0 Å². The molecule has 0 fully saturated rings. The zero-order chi connectivity index (χ0) is 21.7. The number of fused-ring (bicyclic) bond motifs is 5. The zero-order valence-electron chi connectivity index (χ0n) is 18.3. The highest BCUT2D eigenvalue weighted by molar-refractivity contribution is 5.97. The molecule has 5 heteroatoms. The van der Waals surface area contributed by atoms with Crippen molar-refractivity contribution in [3.63, 3.8) is 0 Å². The molecule has 3 heterocycles. The van der Waals surface area contributed by atoms with Crippen LogP contribution >= 0.6 is 0 Å². The number of ether oxygens (including phenoxy) is 3. The molecule has 2 aliphatic rings. The normalized spacial score (nSPS) is 13.6. The van der Waals surface area contributed by atoms with Crippen molar-refractivity contribution in [2.24, 2.45) is 0 Å². The summed E-state index contributed by atoms with van der Waals surface area (Å²) in [6.07, 6.45) is 3.21. The fourth-order valence-corrected chi connectivity index (χ4v) is 4.79. The third-order valence-corrected chi connectivity index (χ3v) is 6.40. The maximum absolute atomic E-state index is 5.71. The lowest BCUT2D eigenvalue weighted by Crippen LogP contribution is -2.40. The Bertz CT molecular complexity index is 1360. The van der Waals surface area contributed by atoms with E-state index in [4.69, 9.17) is 14.2 Å². The molecule has 0 saturated carbocycles. The number of hydrogen-bond acceptors (Lipinski definition) is 4. The van der Waals surface area contributed by atoms with Crippen LogP contribution in [0.1, 0.15) is 16.7 Å². The standard InChI is InChI=1S/C27H24N2O3/c1-17-4-3-5-18(10-17)14-28-27-22-15-29-9-8-20-12-25-26(32-16-31-25)13-21(20)23(29)11-19(22)6-7-24(27)30-2/h3-7,10-13,15H,8-9,14,16H2,1-2H3/p+1. The Balaban J connectivity index is 1.44. The van der Waals surface area contributed by atoms with Crippen LogP contribution in [-0.4, -0.2) is 13.9 Å². The summed E-state index contributed by atoms with van der Waals surface area (Å²) in [5, 5.41) is 5.97. The van der Waals surface area contributed by atoms with Gasteiger partial charge in [0.25, 0.3) is 0 Å². The summed E-state index contributed by atoms with van der Waals surface area (Å²) in [6.45, 7) is 4.08. The number of hydrogen-bond donors (Lipinski definition) is 1. The third-order valence-electron chi connectivity index (χ3n) is 6.40. The second-order valence-electron chi connectivity index (χ2n) is 8.45. The Kier molecular flexibility index (Phi) is 4.42. The van der Waals surface area contributed by atoms with Crippen LogP contribution < -0.4 is 24.1 Å². The van der Waals surface area contributed by atoms with E-state index in [0.717, 1.165) is 47.8 Å². The van der Waals surface area contributed by atoms with E-state index in [1.807, 2.05) is 6.07 Å². The number of nitrogens with one attached hydrogen (secondary N) is 1. The molecule has 0 amide bonds. The lowest BCUT2D eigenvalue weighted by Gasteiger charge is -2.18. The van der Waals surface area contributed by atoms with E-state index in [1.165, 1.54) is 33.3 Å². The summed E-state index contributed by atoms with van der Waals surface area (Å²) in [6, 6.07) is 19.3. The summed E-state index contributed by atoms with van der Waals surface area (Å²) >= 11 is 0. The first-order valence-electron chi connectivity index (χ1n) is 11.0. The minimum absolute atomic E-state index is 0.297. The topological polar surface area (TPSA) is 43.6 Å². The van der Waals surface area contributed by atoms with E-state index < -0.39 is 0 Å². The van der Waals surface area contributed by atoms with Crippen molar-refractivity contribution in [3.05, 3.63) is 77.5 Å². The largest absolute Gasteiger partial charge is 0.495 e.